The fraction of sp³-hybridized carbons (Fsp3) is 0.333. The van der Waals surface area contributed by atoms with E-state index in [4.69, 9.17) is 9.47 Å². The van der Waals surface area contributed by atoms with Crippen LogP contribution in [0, 0.1) is 11.2 Å². The summed E-state index contributed by atoms with van der Waals surface area (Å²) in [5.74, 6) is -0.00258. The number of carbonyl (C=O) groups excluding carboxylic acids is 1. The first-order chi connectivity index (χ1) is 14.6. The molecule has 0 bridgehead atoms. The van der Waals surface area contributed by atoms with Crippen molar-refractivity contribution in [2.75, 3.05) is 26.3 Å². The number of quaternary nitrogens is 1. The fourth-order valence-corrected chi connectivity index (χ4v) is 4.40. The number of hydrogen-bond acceptors (Lipinski definition) is 6. The molecule has 0 aliphatic carbocycles. The maximum atomic E-state index is 14.3. The van der Waals surface area contributed by atoms with E-state index >= 15 is 0 Å². The molecule has 0 unspecified atom stereocenters. The van der Waals surface area contributed by atoms with Crippen LogP contribution in [-0.2, 0) is 23.2 Å². The Morgan fingerprint density at radius 1 is 1.27 bits per heavy atom. The summed E-state index contributed by atoms with van der Waals surface area (Å²) in [7, 11) is 1.73. The fourth-order valence-electron chi connectivity index (χ4n) is 4.40. The summed E-state index contributed by atoms with van der Waals surface area (Å²) in [6.07, 6.45) is 2.57. The van der Waals surface area contributed by atoms with Gasteiger partial charge in [0.05, 0.1) is 13.2 Å². The van der Waals surface area contributed by atoms with Gasteiger partial charge in [0.2, 0.25) is 5.69 Å². The zero-order chi connectivity index (χ0) is 20.8. The molecular formula is C21H21FN5O3+. The SMILES string of the molecule is Cn1nnc(-c2ccccc2F)c1COc1ncccc1[N+]1(C=O)CC2(COC2)C1. The van der Waals surface area contributed by atoms with Gasteiger partial charge in [-0.3, -0.25) is 0 Å². The summed E-state index contributed by atoms with van der Waals surface area (Å²) in [5, 5.41) is 8.13. The lowest BCUT2D eigenvalue weighted by molar-refractivity contribution is -0.185. The second-order valence-electron chi connectivity index (χ2n) is 8.05. The van der Waals surface area contributed by atoms with E-state index < -0.39 is 0 Å². The Bertz CT molecular complexity index is 1100. The van der Waals surface area contributed by atoms with Crippen molar-refractivity contribution in [3.63, 3.8) is 0 Å². The van der Waals surface area contributed by atoms with E-state index in [9.17, 15) is 9.18 Å². The molecular weight excluding hydrogens is 389 g/mol. The number of rotatable bonds is 6. The number of carbonyl (C=O) groups is 1. The first-order valence-corrected chi connectivity index (χ1v) is 9.69. The topological polar surface area (TPSA) is 79.1 Å². The van der Waals surface area contributed by atoms with Gasteiger partial charge in [0.15, 0.2) is 0 Å². The Morgan fingerprint density at radius 2 is 2.07 bits per heavy atom. The lowest BCUT2D eigenvalue weighted by atomic mass is 9.75. The van der Waals surface area contributed by atoms with Crippen molar-refractivity contribution in [3.05, 3.63) is 54.1 Å². The second kappa shape index (κ2) is 6.96. The van der Waals surface area contributed by atoms with E-state index in [1.165, 1.54) is 6.07 Å². The highest BCUT2D eigenvalue weighted by Crippen LogP contribution is 2.47. The largest absolute Gasteiger partial charge is 0.467 e. The number of aryl methyl sites for hydroxylation is 1. The summed E-state index contributed by atoms with van der Waals surface area (Å²) in [5.41, 5.74) is 2.19. The first-order valence-electron chi connectivity index (χ1n) is 9.69. The Labute approximate surface area is 172 Å². The standard InChI is InChI=1S/C21H21FN5O3/c1-26-17(19(24-25-26)15-5-2-3-6-16(15)22)9-30-20-18(7-4-8-23-20)27(14-28)10-21(11-27)12-29-13-21/h2-8,14H,9-13H2,1H3/q+1. The Morgan fingerprint density at radius 3 is 2.77 bits per heavy atom. The van der Waals surface area contributed by atoms with E-state index in [0.717, 1.165) is 6.41 Å². The highest BCUT2D eigenvalue weighted by molar-refractivity contribution is 5.75. The number of likely N-dealkylation sites (tertiary alicyclic amines) is 1. The van der Waals surface area contributed by atoms with Gasteiger partial charge >= 0.3 is 6.41 Å². The van der Waals surface area contributed by atoms with Crippen molar-refractivity contribution in [1.29, 1.82) is 0 Å². The molecule has 0 saturated carbocycles. The van der Waals surface area contributed by atoms with Crippen LogP contribution in [0.25, 0.3) is 11.3 Å². The van der Waals surface area contributed by atoms with Crippen molar-refractivity contribution in [1.82, 2.24) is 24.5 Å². The molecule has 1 aromatic carbocycles. The number of benzene rings is 1. The zero-order valence-electron chi connectivity index (χ0n) is 16.5. The van der Waals surface area contributed by atoms with Crippen LogP contribution in [0.5, 0.6) is 5.88 Å². The third-order valence-electron chi connectivity index (χ3n) is 5.90. The maximum Gasteiger partial charge on any atom is 0.306 e. The van der Waals surface area contributed by atoms with E-state index in [0.29, 0.717) is 54.8 Å². The number of aromatic nitrogens is 4. The molecule has 2 aromatic heterocycles. The van der Waals surface area contributed by atoms with Crippen LogP contribution < -0.4 is 9.22 Å². The van der Waals surface area contributed by atoms with Gasteiger partial charge in [0.1, 0.15) is 42.3 Å². The van der Waals surface area contributed by atoms with Gasteiger partial charge < -0.3 is 9.47 Å². The van der Waals surface area contributed by atoms with Crippen molar-refractivity contribution in [2.24, 2.45) is 12.5 Å². The molecule has 1 amide bonds. The minimum absolute atomic E-state index is 0.0813. The van der Waals surface area contributed by atoms with Crippen LogP contribution >= 0.6 is 0 Å². The van der Waals surface area contributed by atoms with Crippen LogP contribution in [0.4, 0.5) is 10.1 Å². The molecule has 2 aliphatic heterocycles. The summed E-state index contributed by atoms with van der Waals surface area (Å²) in [6, 6.07) is 10.1. The molecule has 30 heavy (non-hydrogen) atoms. The van der Waals surface area contributed by atoms with E-state index in [1.807, 2.05) is 6.07 Å². The molecule has 8 nitrogen and oxygen atoms in total. The van der Waals surface area contributed by atoms with Gasteiger partial charge in [-0.25, -0.2) is 23.3 Å². The van der Waals surface area contributed by atoms with Gasteiger partial charge in [-0.2, -0.15) is 0 Å². The van der Waals surface area contributed by atoms with E-state index in [1.54, 1.807) is 42.2 Å². The molecule has 0 atom stereocenters. The predicted molar refractivity (Wildman–Crippen MR) is 106 cm³/mol. The summed E-state index contributed by atoms with van der Waals surface area (Å²) < 4.78 is 27.4. The van der Waals surface area contributed by atoms with Gasteiger partial charge in [-0.1, -0.05) is 17.3 Å². The molecule has 0 N–H and O–H groups in total. The summed E-state index contributed by atoms with van der Waals surface area (Å²) >= 11 is 0. The molecule has 3 aromatic rings. The van der Waals surface area contributed by atoms with Gasteiger partial charge in [-0.15, -0.1) is 5.10 Å². The lowest BCUT2D eigenvalue weighted by Crippen LogP contribution is -2.76. The minimum Gasteiger partial charge on any atom is -0.467 e. The van der Waals surface area contributed by atoms with Crippen molar-refractivity contribution in [3.8, 4) is 17.1 Å². The quantitative estimate of drug-likeness (QED) is 0.457. The normalized spacial score (nSPS) is 18.5. The van der Waals surface area contributed by atoms with E-state index in [2.05, 4.69) is 15.3 Å². The smallest absolute Gasteiger partial charge is 0.306 e. The second-order valence-corrected chi connectivity index (χ2v) is 8.05. The van der Waals surface area contributed by atoms with Crippen LogP contribution in [0.2, 0.25) is 0 Å². The lowest BCUT2D eigenvalue weighted by Gasteiger charge is -2.56. The summed E-state index contributed by atoms with van der Waals surface area (Å²) in [4.78, 5) is 16.4. The Balaban J connectivity index is 1.42. The zero-order valence-corrected chi connectivity index (χ0v) is 16.5. The number of halogens is 1. The molecule has 4 heterocycles. The maximum absolute atomic E-state index is 14.3. The number of nitrogens with zero attached hydrogens (tertiary/aromatic N) is 5. The predicted octanol–water partition coefficient (Wildman–Crippen LogP) is 2.09. The molecule has 2 fully saturated rings. The van der Waals surface area contributed by atoms with Crippen LogP contribution in [0.3, 0.4) is 0 Å². The van der Waals surface area contributed by atoms with Crippen molar-refractivity contribution in [2.45, 2.75) is 6.61 Å². The highest BCUT2D eigenvalue weighted by Gasteiger charge is 2.62. The number of pyridine rings is 1. The van der Waals surface area contributed by atoms with Crippen LogP contribution in [0.15, 0.2) is 42.6 Å². The highest BCUT2D eigenvalue weighted by atomic mass is 19.1. The van der Waals surface area contributed by atoms with Crippen LogP contribution in [0.1, 0.15) is 5.69 Å². The number of amides is 1. The molecule has 154 valence electrons. The number of ether oxygens (including phenoxy) is 2. The van der Waals surface area contributed by atoms with Gasteiger partial charge in [0.25, 0.3) is 5.88 Å². The average Bonchev–Trinajstić information content (AvgIpc) is 3.06. The number of hydrogen-bond donors (Lipinski definition) is 0. The Hall–Kier alpha value is -3.17. The van der Waals surface area contributed by atoms with Gasteiger partial charge in [-0.05, 0) is 18.2 Å². The minimum atomic E-state index is -0.378. The molecule has 9 heteroatoms. The van der Waals surface area contributed by atoms with Gasteiger partial charge in [0, 0.05) is 24.9 Å². The van der Waals surface area contributed by atoms with Crippen molar-refractivity contribution >= 4 is 12.1 Å². The summed E-state index contributed by atoms with van der Waals surface area (Å²) in [6.45, 7) is 2.80. The van der Waals surface area contributed by atoms with Crippen molar-refractivity contribution < 1.29 is 18.7 Å². The molecule has 1 spiro atoms. The molecule has 5 rings (SSSR count). The average molecular weight is 410 g/mol. The molecule has 0 radical (unpaired) electrons. The third-order valence-corrected chi connectivity index (χ3v) is 5.90. The van der Waals surface area contributed by atoms with E-state index in [-0.39, 0.29) is 22.3 Å². The molecule has 2 aliphatic rings. The Kier molecular flexibility index (Phi) is 4.37. The third kappa shape index (κ3) is 2.89. The molecule has 2 saturated heterocycles. The monoisotopic (exact) mass is 410 g/mol. The first kappa shape index (κ1) is 18.8. The van der Waals surface area contributed by atoms with Crippen LogP contribution in [-0.4, -0.2) is 52.7 Å².